The average Bonchev–Trinajstić information content (AvgIpc) is 2.78. The van der Waals surface area contributed by atoms with Crippen molar-refractivity contribution < 1.29 is 4.79 Å². The summed E-state index contributed by atoms with van der Waals surface area (Å²) in [7, 11) is 0. The molecule has 1 amide bonds. The number of carbonyl (C=O) groups excluding carboxylic acids is 1. The minimum Gasteiger partial charge on any atom is -0.325 e. The number of nitrogens with one attached hydrogen (secondary N) is 1. The molecule has 0 atom stereocenters. The number of pyridine rings is 1. The van der Waals surface area contributed by atoms with Gasteiger partial charge < -0.3 is 5.32 Å². The quantitative estimate of drug-likeness (QED) is 0.321. The van der Waals surface area contributed by atoms with Crippen molar-refractivity contribution >= 4 is 57.5 Å². The molecule has 31 heavy (non-hydrogen) atoms. The van der Waals surface area contributed by atoms with Crippen LogP contribution in [0.15, 0.2) is 76.9 Å². The number of nitrogens with zero attached hydrogens (tertiary/aromatic N) is 3. The Labute approximate surface area is 192 Å². The second kappa shape index (κ2) is 9.51. The molecular weight excluding hydrogens is 455 g/mol. The Morgan fingerprint density at radius 3 is 2.58 bits per heavy atom. The van der Waals surface area contributed by atoms with Crippen LogP contribution in [-0.4, -0.2) is 26.2 Å². The molecule has 156 valence electrons. The third kappa shape index (κ3) is 5.07. The lowest BCUT2D eigenvalue weighted by atomic mass is 10.2. The fraction of sp³-hybridized carbons (Fsp3) is 0.0909. The molecule has 2 aromatic heterocycles. The molecule has 4 aromatic rings. The Kier molecular flexibility index (Phi) is 6.56. The van der Waals surface area contributed by atoms with Crippen LogP contribution in [0, 0.1) is 0 Å². The summed E-state index contributed by atoms with van der Waals surface area (Å²) < 4.78 is 1.58. The van der Waals surface area contributed by atoms with Crippen molar-refractivity contribution in [1.82, 2.24) is 14.5 Å². The summed E-state index contributed by atoms with van der Waals surface area (Å²) in [5, 5.41) is 4.53. The smallest absolute Gasteiger partial charge is 0.262 e. The van der Waals surface area contributed by atoms with E-state index in [9.17, 15) is 9.59 Å². The number of anilines is 1. The molecular formula is C22H16Cl2N4O2S. The molecule has 0 saturated carbocycles. The normalized spacial score (nSPS) is 10.9. The van der Waals surface area contributed by atoms with Crippen molar-refractivity contribution in [1.29, 1.82) is 0 Å². The molecule has 6 nitrogen and oxygen atoms in total. The van der Waals surface area contributed by atoms with Crippen molar-refractivity contribution in [2.75, 3.05) is 11.1 Å². The van der Waals surface area contributed by atoms with Gasteiger partial charge in [0, 0.05) is 18.1 Å². The van der Waals surface area contributed by atoms with Gasteiger partial charge in [0.05, 0.1) is 33.2 Å². The number of hydrogen-bond donors (Lipinski definition) is 1. The highest BCUT2D eigenvalue weighted by atomic mass is 35.5. The van der Waals surface area contributed by atoms with Gasteiger partial charge in [0.15, 0.2) is 5.16 Å². The van der Waals surface area contributed by atoms with Crippen molar-refractivity contribution in [3.8, 4) is 0 Å². The van der Waals surface area contributed by atoms with Gasteiger partial charge in [-0.1, -0.05) is 47.1 Å². The lowest BCUT2D eigenvalue weighted by molar-refractivity contribution is -0.113. The minimum atomic E-state index is -0.249. The van der Waals surface area contributed by atoms with Crippen molar-refractivity contribution in [3.63, 3.8) is 0 Å². The monoisotopic (exact) mass is 470 g/mol. The molecule has 9 heteroatoms. The molecule has 0 aliphatic rings. The fourth-order valence-electron chi connectivity index (χ4n) is 2.97. The minimum absolute atomic E-state index is 0.0708. The first-order valence-electron chi connectivity index (χ1n) is 9.27. The molecule has 1 N–H and O–H groups in total. The number of carbonyl (C=O) groups is 1. The van der Waals surface area contributed by atoms with Gasteiger partial charge >= 0.3 is 0 Å². The van der Waals surface area contributed by atoms with Crippen molar-refractivity contribution in [3.05, 3.63) is 93.0 Å². The highest BCUT2D eigenvalue weighted by Gasteiger charge is 2.14. The maximum absolute atomic E-state index is 13.1. The van der Waals surface area contributed by atoms with Gasteiger partial charge in [-0.3, -0.25) is 19.1 Å². The molecule has 0 saturated heterocycles. The highest BCUT2D eigenvalue weighted by Crippen LogP contribution is 2.25. The zero-order valence-electron chi connectivity index (χ0n) is 16.1. The van der Waals surface area contributed by atoms with Gasteiger partial charge in [-0.25, -0.2) is 4.98 Å². The van der Waals surface area contributed by atoms with E-state index in [-0.39, 0.29) is 17.2 Å². The van der Waals surface area contributed by atoms with Gasteiger partial charge in [0.1, 0.15) is 0 Å². The Bertz CT molecular complexity index is 1310. The molecule has 2 heterocycles. The van der Waals surface area contributed by atoms with Crippen LogP contribution in [0.3, 0.4) is 0 Å². The van der Waals surface area contributed by atoms with Crippen LogP contribution >= 0.6 is 35.0 Å². The number of rotatable bonds is 6. The first-order valence-corrected chi connectivity index (χ1v) is 11.0. The van der Waals surface area contributed by atoms with Crippen LogP contribution < -0.4 is 10.9 Å². The molecule has 4 rings (SSSR count). The molecule has 0 fully saturated rings. The van der Waals surface area contributed by atoms with E-state index < -0.39 is 0 Å². The average molecular weight is 471 g/mol. The van der Waals surface area contributed by atoms with E-state index in [4.69, 9.17) is 23.2 Å². The first kappa shape index (κ1) is 21.4. The summed E-state index contributed by atoms with van der Waals surface area (Å²) in [6, 6.07) is 15.7. The molecule has 0 aliphatic carbocycles. The summed E-state index contributed by atoms with van der Waals surface area (Å²) in [6.07, 6.45) is 3.35. The predicted molar refractivity (Wildman–Crippen MR) is 125 cm³/mol. The number of aromatic nitrogens is 3. The molecule has 0 spiro atoms. The Morgan fingerprint density at radius 2 is 1.81 bits per heavy atom. The molecule has 0 aliphatic heterocycles. The Balaban J connectivity index is 1.59. The number of benzene rings is 2. The van der Waals surface area contributed by atoms with Crippen LogP contribution in [0.1, 0.15) is 5.56 Å². The SMILES string of the molecule is O=C(CSc1nc2ccccc2c(=O)n1Cc1ccncc1)Nc1ccc(Cl)c(Cl)c1. The number of hydrogen-bond acceptors (Lipinski definition) is 5. The zero-order valence-corrected chi connectivity index (χ0v) is 18.4. The Morgan fingerprint density at radius 1 is 1.03 bits per heavy atom. The number of para-hydroxylation sites is 1. The predicted octanol–water partition coefficient (Wildman–Crippen LogP) is 4.88. The van der Waals surface area contributed by atoms with E-state index in [1.807, 2.05) is 18.2 Å². The summed E-state index contributed by atoms with van der Waals surface area (Å²) in [5.41, 5.74) is 1.89. The van der Waals surface area contributed by atoms with E-state index in [1.165, 1.54) is 11.8 Å². The number of amides is 1. The van der Waals surface area contributed by atoms with Gasteiger partial charge in [0.25, 0.3) is 5.56 Å². The van der Waals surface area contributed by atoms with Crippen LogP contribution in [0.4, 0.5) is 5.69 Å². The van der Waals surface area contributed by atoms with Crippen molar-refractivity contribution in [2.24, 2.45) is 0 Å². The summed E-state index contributed by atoms with van der Waals surface area (Å²) in [6.45, 7) is 0.329. The third-order valence-corrected chi connectivity index (χ3v) is 6.17. The largest absolute Gasteiger partial charge is 0.325 e. The fourth-order valence-corrected chi connectivity index (χ4v) is 4.07. The van der Waals surface area contributed by atoms with Crippen LogP contribution in [0.25, 0.3) is 10.9 Å². The molecule has 0 radical (unpaired) electrons. The van der Waals surface area contributed by atoms with E-state index in [0.29, 0.717) is 38.3 Å². The molecule has 2 aromatic carbocycles. The Hall–Kier alpha value is -2.87. The van der Waals surface area contributed by atoms with Crippen molar-refractivity contribution in [2.45, 2.75) is 11.7 Å². The van der Waals surface area contributed by atoms with Crippen LogP contribution in [0.5, 0.6) is 0 Å². The van der Waals surface area contributed by atoms with Crippen LogP contribution in [-0.2, 0) is 11.3 Å². The summed E-state index contributed by atoms with van der Waals surface area (Å²) in [5.74, 6) is -0.178. The van der Waals surface area contributed by atoms with E-state index in [1.54, 1.807) is 53.4 Å². The van der Waals surface area contributed by atoms with E-state index >= 15 is 0 Å². The second-order valence-electron chi connectivity index (χ2n) is 6.62. The number of halogens is 2. The third-order valence-electron chi connectivity index (χ3n) is 4.45. The van der Waals surface area contributed by atoms with Gasteiger partial charge in [0.2, 0.25) is 5.91 Å². The highest BCUT2D eigenvalue weighted by molar-refractivity contribution is 7.99. The van der Waals surface area contributed by atoms with Crippen LogP contribution in [0.2, 0.25) is 10.0 Å². The van der Waals surface area contributed by atoms with Gasteiger partial charge in [-0.05, 0) is 48.0 Å². The second-order valence-corrected chi connectivity index (χ2v) is 8.38. The topological polar surface area (TPSA) is 76.9 Å². The maximum atomic E-state index is 13.1. The number of fused-ring (bicyclic) bond motifs is 1. The number of thioether (sulfide) groups is 1. The summed E-state index contributed by atoms with van der Waals surface area (Å²) in [4.78, 5) is 34.2. The molecule has 0 unspecified atom stereocenters. The standard InChI is InChI=1S/C22H16Cl2N4O2S/c23-17-6-5-15(11-18(17)24)26-20(29)13-31-22-27-19-4-2-1-3-16(19)21(30)28(22)12-14-7-9-25-10-8-14/h1-11H,12-13H2,(H,26,29). The van der Waals surface area contributed by atoms with Gasteiger partial charge in [-0.15, -0.1) is 0 Å². The zero-order chi connectivity index (χ0) is 21.8. The van der Waals surface area contributed by atoms with E-state index in [2.05, 4.69) is 15.3 Å². The first-order chi connectivity index (χ1) is 15.0. The molecule has 0 bridgehead atoms. The lowest BCUT2D eigenvalue weighted by Crippen LogP contribution is -2.25. The maximum Gasteiger partial charge on any atom is 0.262 e. The van der Waals surface area contributed by atoms with E-state index in [0.717, 1.165) is 5.56 Å². The lowest BCUT2D eigenvalue weighted by Gasteiger charge is -2.13. The summed E-state index contributed by atoms with van der Waals surface area (Å²) >= 11 is 13.1. The van der Waals surface area contributed by atoms with Gasteiger partial charge in [-0.2, -0.15) is 0 Å².